The third-order valence-electron chi connectivity index (χ3n) is 4.89. The molecule has 0 radical (unpaired) electrons. The van der Waals surface area contributed by atoms with E-state index in [-0.39, 0.29) is 17.2 Å². The van der Waals surface area contributed by atoms with Gasteiger partial charge in [-0.25, -0.2) is 13.4 Å². The molecule has 3 aromatic carbocycles. The standard InChI is InChI=1S/C23H22N4O4S/c1-31-22-12-5-3-10-20(22)26-32(29,30)18-8-6-7-17(15-18)25-23(28)13-14-27-16-24-19-9-2-4-11-21(19)27/h2-12,15-16,26H,13-14H2,1H3,(H,25,28). The fourth-order valence-corrected chi connectivity index (χ4v) is 4.42. The van der Waals surface area contributed by atoms with Crippen LogP contribution in [0, 0.1) is 0 Å². The highest BCUT2D eigenvalue weighted by Crippen LogP contribution is 2.27. The molecule has 0 atom stereocenters. The molecular weight excluding hydrogens is 428 g/mol. The molecule has 0 saturated carbocycles. The molecule has 0 spiro atoms. The van der Waals surface area contributed by atoms with E-state index in [2.05, 4.69) is 15.0 Å². The first-order valence-electron chi connectivity index (χ1n) is 9.92. The van der Waals surface area contributed by atoms with Gasteiger partial charge in [0.15, 0.2) is 0 Å². The molecule has 0 unspecified atom stereocenters. The van der Waals surface area contributed by atoms with E-state index >= 15 is 0 Å². The summed E-state index contributed by atoms with van der Waals surface area (Å²) in [6, 6.07) is 20.5. The van der Waals surface area contributed by atoms with Gasteiger partial charge in [-0.3, -0.25) is 9.52 Å². The second kappa shape index (κ2) is 9.11. The average Bonchev–Trinajstić information content (AvgIpc) is 3.21. The Labute approximate surface area is 185 Å². The van der Waals surface area contributed by atoms with Gasteiger partial charge in [0.1, 0.15) is 5.75 Å². The number of methoxy groups -OCH3 is 1. The molecule has 0 fully saturated rings. The summed E-state index contributed by atoms with van der Waals surface area (Å²) in [5, 5.41) is 2.76. The van der Waals surface area contributed by atoms with Gasteiger partial charge < -0.3 is 14.6 Å². The maximum atomic E-state index is 12.8. The van der Waals surface area contributed by atoms with Gasteiger partial charge in [-0.1, -0.05) is 30.3 Å². The molecule has 1 aromatic heterocycles. The minimum atomic E-state index is -3.87. The Bertz CT molecular complexity index is 1370. The van der Waals surface area contributed by atoms with Gasteiger partial charge in [-0.05, 0) is 42.5 Å². The van der Waals surface area contributed by atoms with E-state index in [0.717, 1.165) is 11.0 Å². The van der Waals surface area contributed by atoms with Crippen molar-refractivity contribution in [3.05, 3.63) is 79.1 Å². The number of benzene rings is 3. The molecule has 0 bridgehead atoms. The predicted molar refractivity (Wildman–Crippen MR) is 123 cm³/mol. The number of ether oxygens (including phenoxy) is 1. The zero-order valence-electron chi connectivity index (χ0n) is 17.4. The number of fused-ring (bicyclic) bond motifs is 1. The van der Waals surface area contributed by atoms with Crippen LogP contribution in [0.4, 0.5) is 11.4 Å². The topological polar surface area (TPSA) is 102 Å². The first-order chi connectivity index (χ1) is 15.5. The number of carbonyl (C=O) groups is 1. The van der Waals surface area contributed by atoms with Gasteiger partial charge in [0.2, 0.25) is 5.91 Å². The van der Waals surface area contributed by atoms with Gasteiger partial charge in [-0.15, -0.1) is 0 Å². The second-order valence-electron chi connectivity index (χ2n) is 7.06. The SMILES string of the molecule is COc1ccccc1NS(=O)(=O)c1cccc(NC(=O)CCn2cnc3ccccc32)c1. The van der Waals surface area contributed by atoms with Crippen LogP contribution in [0.3, 0.4) is 0 Å². The Morgan fingerprint density at radius 2 is 1.81 bits per heavy atom. The lowest BCUT2D eigenvalue weighted by Gasteiger charge is -2.13. The number of imidazole rings is 1. The Morgan fingerprint density at radius 1 is 1.03 bits per heavy atom. The number of aromatic nitrogens is 2. The van der Waals surface area contributed by atoms with Crippen molar-refractivity contribution in [2.24, 2.45) is 0 Å². The maximum absolute atomic E-state index is 12.8. The number of amides is 1. The summed E-state index contributed by atoms with van der Waals surface area (Å²) < 4.78 is 35.3. The Balaban J connectivity index is 1.43. The summed E-state index contributed by atoms with van der Waals surface area (Å²) in [7, 11) is -2.40. The highest BCUT2D eigenvalue weighted by atomic mass is 32.2. The Morgan fingerprint density at radius 3 is 2.66 bits per heavy atom. The average molecular weight is 451 g/mol. The molecule has 0 saturated heterocycles. The van der Waals surface area contributed by atoms with Crippen LogP contribution in [0.2, 0.25) is 0 Å². The number of aryl methyl sites for hydroxylation is 1. The minimum absolute atomic E-state index is 0.0295. The van der Waals surface area contributed by atoms with Crippen molar-refractivity contribution in [1.29, 1.82) is 0 Å². The number of hydrogen-bond acceptors (Lipinski definition) is 5. The minimum Gasteiger partial charge on any atom is -0.495 e. The summed E-state index contributed by atoms with van der Waals surface area (Å²) in [6.07, 6.45) is 1.92. The lowest BCUT2D eigenvalue weighted by molar-refractivity contribution is -0.116. The van der Waals surface area contributed by atoms with Crippen LogP contribution in [0.15, 0.2) is 84.0 Å². The van der Waals surface area contributed by atoms with Gasteiger partial charge in [0, 0.05) is 18.7 Å². The zero-order chi connectivity index (χ0) is 22.6. The van der Waals surface area contributed by atoms with E-state index in [0.29, 0.717) is 23.7 Å². The zero-order valence-corrected chi connectivity index (χ0v) is 18.2. The van der Waals surface area contributed by atoms with Crippen molar-refractivity contribution in [2.45, 2.75) is 17.9 Å². The molecule has 1 amide bonds. The number of hydrogen-bond donors (Lipinski definition) is 2. The number of rotatable bonds is 8. The quantitative estimate of drug-likeness (QED) is 0.424. The van der Waals surface area contributed by atoms with E-state index in [4.69, 9.17) is 4.74 Å². The molecule has 4 rings (SSSR count). The summed E-state index contributed by atoms with van der Waals surface area (Å²) in [5.41, 5.74) is 2.55. The number of nitrogens with one attached hydrogen (secondary N) is 2. The molecule has 0 aliphatic rings. The maximum Gasteiger partial charge on any atom is 0.262 e. The summed E-state index contributed by atoms with van der Waals surface area (Å²) in [6.45, 7) is 0.458. The van der Waals surface area contributed by atoms with Crippen molar-refractivity contribution < 1.29 is 17.9 Å². The second-order valence-corrected chi connectivity index (χ2v) is 8.74. The molecule has 32 heavy (non-hydrogen) atoms. The molecule has 4 aromatic rings. The summed E-state index contributed by atoms with van der Waals surface area (Å²) >= 11 is 0. The third-order valence-corrected chi connectivity index (χ3v) is 6.25. The van der Waals surface area contributed by atoms with Crippen LogP contribution in [-0.2, 0) is 21.4 Å². The summed E-state index contributed by atoms with van der Waals surface area (Å²) in [4.78, 5) is 16.8. The Kier molecular flexibility index (Phi) is 6.09. The highest BCUT2D eigenvalue weighted by molar-refractivity contribution is 7.92. The van der Waals surface area contributed by atoms with Crippen molar-refractivity contribution in [3.63, 3.8) is 0 Å². The molecule has 8 nitrogen and oxygen atoms in total. The predicted octanol–water partition coefficient (Wildman–Crippen LogP) is 3.87. The number of sulfonamides is 1. The smallest absolute Gasteiger partial charge is 0.262 e. The van der Waals surface area contributed by atoms with E-state index in [1.165, 1.54) is 19.2 Å². The van der Waals surface area contributed by atoms with Crippen LogP contribution in [0.5, 0.6) is 5.75 Å². The first-order valence-corrected chi connectivity index (χ1v) is 11.4. The molecule has 1 heterocycles. The van der Waals surface area contributed by atoms with E-state index < -0.39 is 10.0 Å². The van der Waals surface area contributed by atoms with Crippen LogP contribution < -0.4 is 14.8 Å². The van der Waals surface area contributed by atoms with Gasteiger partial charge >= 0.3 is 0 Å². The fourth-order valence-electron chi connectivity index (χ4n) is 3.31. The number of nitrogens with zero attached hydrogens (tertiary/aromatic N) is 2. The van der Waals surface area contributed by atoms with Crippen molar-refractivity contribution in [3.8, 4) is 5.75 Å². The van der Waals surface area contributed by atoms with Gasteiger partial charge in [-0.2, -0.15) is 0 Å². The molecular formula is C23H22N4O4S. The van der Waals surface area contributed by atoms with Crippen LogP contribution in [0.1, 0.15) is 6.42 Å². The van der Waals surface area contributed by atoms with Crippen molar-refractivity contribution in [1.82, 2.24) is 9.55 Å². The van der Waals surface area contributed by atoms with E-state index in [1.54, 1.807) is 42.7 Å². The van der Waals surface area contributed by atoms with Crippen LogP contribution in [-0.4, -0.2) is 31.0 Å². The number of para-hydroxylation sites is 4. The van der Waals surface area contributed by atoms with Gasteiger partial charge in [0.25, 0.3) is 10.0 Å². The molecule has 0 aliphatic heterocycles. The van der Waals surface area contributed by atoms with Gasteiger partial charge in [0.05, 0.1) is 35.1 Å². The molecule has 2 N–H and O–H groups in total. The normalized spacial score (nSPS) is 11.3. The number of anilines is 2. The van der Waals surface area contributed by atoms with Crippen LogP contribution in [0.25, 0.3) is 11.0 Å². The lowest BCUT2D eigenvalue weighted by Crippen LogP contribution is -2.16. The summed E-state index contributed by atoms with van der Waals surface area (Å²) in [5.74, 6) is 0.183. The van der Waals surface area contributed by atoms with Crippen molar-refractivity contribution in [2.75, 3.05) is 17.1 Å². The lowest BCUT2D eigenvalue weighted by atomic mass is 10.3. The fraction of sp³-hybridized carbons (Fsp3) is 0.130. The monoisotopic (exact) mass is 450 g/mol. The van der Waals surface area contributed by atoms with Crippen molar-refractivity contribution >= 4 is 38.3 Å². The molecule has 0 aliphatic carbocycles. The van der Waals surface area contributed by atoms with E-state index in [9.17, 15) is 13.2 Å². The molecule has 164 valence electrons. The largest absolute Gasteiger partial charge is 0.495 e. The van der Waals surface area contributed by atoms with Crippen LogP contribution >= 0.6 is 0 Å². The Hall–Kier alpha value is -3.85. The highest BCUT2D eigenvalue weighted by Gasteiger charge is 2.17. The first kappa shape index (κ1) is 21.4. The number of carbonyl (C=O) groups excluding carboxylic acids is 1. The van der Waals surface area contributed by atoms with E-state index in [1.807, 2.05) is 28.8 Å². The third kappa shape index (κ3) is 4.73. The molecule has 9 heteroatoms.